The Kier molecular flexibility index (Phi) is 5.97. The van der Waals surface area contributed by atoms with E-state index in [0.717, 1.165) is 24.1 Å². The number of hydrogen-bond acceptors (Lipinski definition) is 6. The highest BCUT2D eigenvalue weighted by Gasteiger charge is 2.29. The van der Waals surface area contributed by atoms with E-state index in [0.29, 0.717) is 23.0 Å². The molecule has 8 heteroatoms. The van der Waals surface area contributed by atoms with Gasteiger partial charge in [-0.2, -0.15) is 4.98 Å². The summed E-state index contributed by atoms with van der Waals surface area (Å²) < 4.78 is 10.7. The minimum absolute atomic E-state index is 0.0710. The van der Waals surface area contributed by atoms with Crippen molar-refractivity contribution < 1.29 is 18.8 Å². The first kappa shape index (κ1) is 20.6. The van der Waals surface area contributed by atoms with Gasteiger partial charge in [0.2, 0.25) is 17.6 Å². The van der Waals surface area contributed by atoms with Gasteiger partial charge in [0.15, 0.2) is 6.61 Å². The Morgan fingerprint density at radius 2 is 1.90 bits per heavy atom. The van der Waals surface area contributed by atoms with E-state index >= 15 is 0 Å². The Morgan fingerprint density at radius 3 is 2.58 bits per heavy atom. The Morgan fingerprint density at radius 1 is 1.16 bits per heavy atom. The third-order valence-corrected chi connectivity index (χ3v) is 5.03. The molecule has 160 valence electrons. The summed E-state index contributed by atoms with van der Waals surface area (Å²) in [6.07, 6.45) is 1.93. The minimum Gasteiger partial charge on any atom is -0.485 e. The van der Waals surface area contributed by atoms with E-state index in [1.54, 1.807) is 31.2 Å². The molecule has 0 bridgehead atoms. The van der Waals surface area contributed by atoms with E-state index in [2.05, 4.69) is 20.8 Å². The number of rotatable bonds is 8. The lowest BCUT2D eigenvalue weighted by Crippen LogP contribution is -2.27. The average Bonchev–Trinajstić information content (AvgIpc) is 3.54. The molecule has 4 rings (SSSR count). The standard InChI is InChI=1S/C23H24N4O4/c1-14(16-9-11-18(12-10-16)26-22(28)17-7-8-17)24-23(29)19-5-3-4-6-20(19)30-13-21-25-15(2)31-27-21/h3-6,9-12,14,17H,7-8,13H2,1-2H3,(H,24,29)(H,26,28). The topological polar surface area (TPSA) is 106 Å². The lowest BCUT2D eigenvalue weighted by molar-refractivity contribution is -0.117. The molecule has 1 fully saturated rings. The smallest absolute Gasteiger partial charge is 0.255 e. The van der Waals surface area contributed by atoms with Crippen LogP contribution >= 0.6 is 0 Å². The number of amides is 2. The molecule has 2 N–H and O–H groups in total. The maximum absolute atomic E-state index is 12.9. The second-order valence-corrected chi connectivity index (χ2v) is 7.60. The van der Waals surface area contributed by atoms with Crippen molar-refractivity contribution in [1.82, 2.24) is 15.5 Å². The summed E-state index contributed by atoms with van der Waals surface area (Å²) in [5.41, 5.74) is 2.11. The summed E-state index contributed by atoms with van der Waals surface area (Å²) in [7, 11) is 0. The lowest BCUT2D eigenvalue weighted by atomic mass is 10.1. The van der Waals surface area contributed by atoms with Gasteiger partial charge in [0.05, 0.1) is 11.6 Å². The van der Waals surface area contributed by atoms with Gasteiger partial charge in [-0.1, -0.05) is 29.4 Å². The number of benzene rings is 2. The van der Waals surface area contributed by atoms with Crippen LogP contribution < -0.4 is 15.4 Å². The number of hydrogen-bond donors (Lipinski definition) is 2. The summed E-state index contributed by atoms with van der Waals surface area (Å²) in [4.78, 5) is 28.8. The predicted molar refractivity (Wildman–Crippen MR) is 113 cm³/mol. The first-order valence-corrected chi connectivity index (χ1v) is 10.2. The van der Waals surface area contributed by atoms with Crippen LogP contribution in [0.15, 0.2) is 53.1 Å². The Labute approximate surface area is 180 Å². The number of carbonyl (C=O) groups is 2. The minimum atomic E-state index is -0.251. The molecule has 1 aliphatic carbocycles. The Balaban J connectivity index is 1.37. The maximum atomic E-state index is 12.9. The summed E-state index contributed by atoms with van der Waals surface area (Å²) in [6, 6.07) is 14.3. The van der Waals surface area contributed by atoms with E-state index in [4.69, 9.17) is 9.26 Å². The van der Waals surface area contributed by atoms with Gasteiger partial charge < -0.3 is 19.9 Å². The van der Waals surface area contributed by atoms with Gasteiger partial charge in [-0.3, -0.25) is 9.59 Å². The molecule has 3 aromatic rings. The van der Waals surface area contributed by atoms with Crippen LogP contribution in [-0.4, -0.2) is 22.0 Å². The SMILES string of the molecule is Cc1nc(COc2ccccc2C(=O)NC(C)c2ccc(NC(=O)C3CC3)cc2)no1. The number of aromatic nitrogens is 2. The summed E-state index contributed by atoms with van der Waals surface area (Å²) in [5, 5.41) is 9.69. The van der Waals surface area contributed by atoms with Crippen molar-refractivity contribution in [3.05, 3.63) is 71.4 Å². The summed E-state index contributed by atoms with van der Waals surface area (Å²) >= 11 is 0. The first-order valence-electron chi connectivity index (χ1n) is 10.2. The van der Waals surface area contributed by atoms with Crippen LogP contribution in [0.25, 0.3) is 0 Å². The molecule has 1 aromatic heterocycles. The van der Waals surface area contributed by atoms with Crippen LogP contribution in [0.1, 0.15) is 53.4 Å². The quantitative estimate of drug-likeness (QED) is 0.574. The highest BCUT2D eigenvalue weighted by Crippen LogP contribution is 2.30. The number of ether oxygens (including phenoxy) is 1. The summed E-state index contributed by atoms with van der Waals surface area (Å²) in [6.45, 7) is 3.71. The van der Waals surface area contributed by atoms with E-state index in [1.807, 2.05) is 31.2 Å². The molecule has 0 spiro atoms. The number of para-hydroxylation sites is 1. The molecule has 2 amide bonds. The zero-order valence-electron chi connectivity index (χ0n) is 17.4. The number of nitrogens with zero attached hydrogens (tertiary/aromatic N) is 2. The molecule has 0 saturated heterocycles. The Hall–Kier alpha value is -3.68. The molecule has 0 radical (unpaired) electrons. The molecule has 1 saturated carbocycles. The van der Waals surface area contributed by atoms with Crippen molar-refractivity contribution in [1.29, 1.82) is 0 Å². The fraction of sp³-hybridized carbons (Fsp3) is 0.304. The third-order valence-electron chi connectivity index (χ3n) is 5.03. The van der Waals surface area contributed by atoms with Crippen molar-refractivity contribution in [3.63, 3.8) is 0 Å². The van der Waals surface area contributed by atoms with Crippen LogP contribution in [0.4, 0.5) is 5.69 Å². The van der Waals surface area contributed by atoms with Crippen LogP contribution in [0.5, 0.6) is 5.75 Å². The molecule has 0 aliphatic heterocycles. The monoisotopic (exact) mass is 420 g/mol. The number of aryl methyl sites for hydroxylation is 1. The Bertz CT molecular complexity index is 1070. The zero-order chi connectivity index (χ0) is 21.8. The van der Waals surface area contributed by atoms with Gasteiger partial charge in [-0.25, -0.2) is 0 Å². The zero-order valence-corrected chi connectivity index (χ0v) is 17.4. The van der Waals surface area contributed by atoms with Crippen LogP contribution in [0.2, 0.25) is 0 Å². The fourth-order valence-electron chi connectivity index (χ4n) is 3.13. The molecule has 1 heterocycles. The van der Waals surface area contributed by atoms with Crippen molar-refractivity contribution in [3.8, 4) is 5.75 Å². The van der Waals surface area contributed by atoms with Crippen molar-refractivity contribution >= 4 is 17.5 Å². The highest BCUT2D eigenvalue weighted by molar-refractivity contribution is 5.97. The first-order chi connectivity index (χ1) is 15.0. The average molecular weight is 420 g/mol. The molecule has 2 aromatic carbocycles. The van der Waals surface area contributed by atoms with Crippen molar-refractivity contribution in [2.24, 2.45) is 5.92 Å². The van der Waals surface area contributed by atoms with Crippen LogP contribution in [0.3, 0.4) is 0 Å². The number of carbonyl (C=O) groups excluding carboxylic acids is 2. The summed E-state index contributed by atoms with van der Waals surface area (Å²) in [5.74, 6) is 1.28. The number of anilines is 1. The van der Waals surface area contributed by atoms with Crippen LogP contribution in [0, 0.1) is 12.8 Å². The molecule has 1 unspecified atom stereocenters. The van der Waals surface area contributed by atoms with E-state index < -0.39 is 0 Å². The second kappa shape index (κ2) is 8.99. The van der Waals surface area contributed by atoms with Gasteiger partial charge >= 0.3 is 0 Å². The van der Waals surface area contributed by atoms with Gasteiger partial charge in [-0.15, -0.1) is 0 Å². The molecule has 8 nitrogen and oxygen atoms in total. The van der Waals surface area contributed by atoms with E-state index in [-0.39, 0.29) is 30.4 Å². The normalized spacial score (nSPS) is 14.0. The van der Waals surface area contributed by atoms with E-state index in [9.17, 15) is 9.59 Å². The highest BCUT2D eigenvalue weighted by atomic mass is 16.5. The predicted octanol–water partition coefficient (Wildman–Crippen LogP) is 3.80. The van der Waals surface area contributed by atoms with Crippen LogP contribution in [-0.2, 0) is 11.4 Å². The molecule has 1 atom stereocenters. The molecule has 31 heavy (non-hydrogen) atoms. The fourth-order valence-corrected chi connectivity index (χ4v) is 3.13. The third kappa shape index (κ3) is 5.28. The van der Waals surface area contributed by atoms with Gasteiger partial charge in [-0.05, 0) is 49.6 Å². The molecular weight excluding hydrogens is 396 g/mol. The van der Waals surface area contributed by atoms with Crippen molar-refractivity contribution in [2.45, 2.75) is 39.3 Å². The largest absolute Gasteiger partial charge is 0.485 e. The molecular formula is C23H24N4O4. The lowest BCUT2D eigenvalue weighted by Gasteiger charge is -2.16. The second-order valence-electron chi connectivity index (χ2n) is 7.60. The van der Waals surface area contributed by atoms with Gasteiger partial charge in [0.1, 0.15) is 5.75 Å². The van der Waals surface area contributed by atoms with Crippen molar-refractivity contribution in [2.75, 3.05) is 5.32 Å². The molecule has 1 aliphatic rings. The van der Waals surface area contributed by atoms with Gasteiger partial charge in [0.25, 0.3) is 5.91 Å². The van der Waals surface area contributed by atoms with E-state index in [1.165, 1.54) is 0 Å². The maximum Gasteiger partial charge on any atom is 0.255 e. The van der Waals surface area contributed by atoms with Gasteiger partial charge in [0, 0.05) is 18.5 Å². The number of nitrogens with one attached hydrogen (secondary N) is 2.